The minimum atomic E-state index is 0.171. The molecule has 0 saturated heterocycles. The summed E-state index contributed by atoms with van der Waals surface area (Å²) in [5, 5.41) is 24.7. The van der Waals surface area contributed by atoms with Crippen molar-refractivity contribution in [3.63, 3.8) is 0 Å². The molecule has 0 atom stereocenters. The van der Waals surface area contributed by atoms with E-state index in [2.05, 4.69) is 0 Å². The van der Waals surface area contributed by atoms with Crippen LogP contribution >= 0.6 is 0 Å². The lowest BCUT2D eigenvalue weighted by Crippen LogP contribution is -1.85. The number of benzene rings is 4. The molecule has 106 valence electrons. The Bertz CT molecular complexity index is 1000. The van der Waals surface area contributed by atoms with Gasteiger partial charge in [-0.1, -0.05) is 60.7 Å². The van der Waals surface area contributed by atoms with Crippen LogP contribution in [0, 0.1) is 0 Å². The van der Waals surface area contributed by atoms with Crippen LogP contribution in [0.3, 0.4) is 0 Å². The van der Waals surface area contributed by atoms with E-state index in [0.29, 0.717) is 11.1 Å². The van der Waals surface area contributed by atoms with E-state index in [4.69, 9.17) is 0 Å². The standard InChI is InChI=1S/C20H14O2/c21-18-12-10-13-5-1-3-7-15(13)19(18)17-11-9-14-6-2-4-8-16(14)20(17)22/h1-12,21-22H. The Balaban J connectivity index is 2.12. The largest absolute Gasteiger partial charge is 0.507 e. The lowest BCUT2D eigenvalue weighted by molar-refractivity contribution is 0.472. The summed E-state index contributed by atoms with van der Waals surface area (Å²) in [6.07, 6.45) is 0. The van der Waals surface area contributed by atoms with Crippen LogP contribution in [0.2, 0.25) is 0 Å². The molecule has 0 bridgehead atoms. The second-order valence-electron chi connectivity index (χ2n) is 5.36. The minimum absolute atomic E-state index is 0.171. The van der Waals surface area contributed by atoms with Gasteiger partial charge in [0.1, 0.15) is 11.5 Å². The van der Waals surface area contributed by atoms with Crippen LogP contribution in [-0.4, -0.2) is 10.2 Å². The number of phenolic OH excluding ortho intramolecular Hbond substituents is 2. The van der Waals surface area contributed by atoms with E-state index in [9.17, 15) is 10.2 Å². The van der Waals surface area contributed by atoms with Crippen molar-refractivity contribution >= 4 is 21.5 Å². The molecule has 0 spiro atoms. The zero-order chi connectivity index (χ0) is 15.1. The van der Waals surface area contributed by atoms with E-state index in [1.807, 2.05) is 66.7 Å². The number of phenols is 2. The molecule has 2 heteroatoms. The highest BCUT2D eigenvalue weighted by Crippen LogP contribution is 2.43. The van der Waals surface area contributed by atoms with Gasteiger partial charge in [-0.3, -0.25) is 0 Å². The van der Waals surface area contributed by atoms with E-state index >= 15 is 0 Å². The smallest absolute Gasteiger partial charge is 0.131 e. The average Bonchev–Trinajstić information content (AvgIpc) is 2.56. The lowest BCUT2D eigenvalue weighted by atomic mass is 9.94. The average molecular weight is 286 g/mol. The summed E-state index contributed by atoms with van der Waals surface area (Å²) >= 11 is 0. The molecule has 0 aliphatic carbocycles. The first kappa shape index (κ1) is 12.7. The molecule has 4 rings (SSSR count). The fourth-order valence-corrected chi connectivity index (χ4v) is 3.00. The van der Waals surface area contributed by atoms with Crippen molar-refractivity contribution in [1.29, 1.82) is 0 Å². The molecule has 0 radical (unpaired) electrons. The molecule has 0 heterocycles. The summed E-state index contributed by atoms with van der Waals surface area (Å²) in [4.78, 5) is 0. The van der Waals surface area contributed by atoms with E-state index < -0.39 is 0 Å². The van der Waals surface area contributed by atoms with Gasteiger partial charge in [0, 0.05) is 16.5 Å². The molecule has 2 nitrogen and oxygen atoms in total. The molecule has 0 aromatic heterocycles. The molecule has 0 saturated carbocycles. The molecular formula is C20H14O2. The van der Waals surface area contributed by atoms with Gasteiger partial charge >= 0.3 is 0 Å². The fraction of sp³-hybridized carbons (Fsp3) is 0. The van der Waals surface area contributed by atoms with Gasteiger partial charge in [-0.15, -0.1) is 0 Å². The molecule has 0 fully saturated rings. The molecule has 0 unspecified atom stereocenters. The van der Waals surface area contributed by atoms with Crippen LogP contribution < -0.4 is 0 Å². The van der Waals surface area contributed by atoms with Gasteiger partial charge in [0.15, 0.2) is 0 Å². The Labute approximate surface area is 127 Å². The first-order valence-corrected chi connectivity index (χ1v) is 7.17. The Hall–Kier alpha value is -3.00. The van der Waals surface area contributed by atoms with Crippen molar-refractivity contribution in [2.24, 2.45) is 0 Å². The van der Waals surface area contributed by atoms with E-state index in [0.717, 1.165) is 21.5 Å². The second-order valence-corrected chi connectivity index (χ2v) is 5.36. The maximum Gasteiger partial charge on any atom is 0.131 e. The SMILES string of the molecule is Oc1ccc2ccccc2c1-c1ccc2ccccc2c1O. The maximum atomic E-state index is 10.7. The zero-order valence-electron chi connectivity index (χ0n) is 11.8. The Morgan fingerprint density at radius 2 is 1.14 bits per heavy atom. The molecule has 0 amide bonds. The predicted molar refractivity (Wildman–Crippen MR) is 90.2 cm³/mol. The number of hydrogen-bond acceptors (Lipinski definition) is 2. The maximum absolute atomic E-state index is 10.7. The highest BCUT2D eigenvalue weighted by atomic mass is 16.3. The first-order chi connectivity index (χ1) is 10.8. The number of rotatable bonds is 1. The minimum Gasteiger partial charge on any atom is -0.507 e. The topological polar surface area (TPSA) is 40.5 Å². The first-order valence-electron chi connectivity index (χ1n) is 7.17. The summed E-state index contributed by atoms with van der Waals surface area (Å²) in [5.74, 6) is 0.369. The molecular weight excluding hydrogens is 272 g/mol. The van der Waals surface area contributed by atoms with Gasteiger partial charge in [0.05, 0.1) is 0 Å². The number of hydrogen-bond donors (Lipinski definition) is 2. The van der Waals surface area contributed by atoms with Crippen LogP contribution in [0.5, 0.6) is 11.5 Å². The Morgan fingerprint density at radius 1 is 0.545 bits per heavy atom. The van der Waals surface area contributed by atoms with E-state index in [1.165, 1.54) is 0 Å². The summed E-state index contributed by atoms with van der Waals surface area (Å²) in [6, 6.07) is 22.9. The van der Waals surface area contributed by atoms with Crippen molar-refractivity contribution < 1.29 is 10.2 Å². The highest BCUT2D eigenvalue weighted by molar-refractivity contribution is 6.04. The highest BCUT2D eigenvalue weighted by Gasteiger charge is 2.14. The van der Waals surface area contributed by atoms with Gasteiger partial charge in [0.25, 0.3) is 0 Å². The quantitative estimate of drug-likeness (QED) is 0.513. The fourth-order valence-electron chi connectivity index (χ4n) is 3.00. The van der Waals surface area contributed by atoms with Crippen LogP contribution in [0.4, 0.5) is 0 Å². The third-order valence-corrected chi connectivity index (χ3v) is 4.08. The third-order valence-electron chi connectivity index (χ3n) is 4.08. The Kier molecular flexibility index (Phi) is 2.76. The molecule has 2 N–H and O–H groups in total. The van der Waals surface area contributed by atoms with Crippen LogP contribution in [0.15, 0.2) is 72.8 Å². The molecule has 4 aromatic carbocycles. The summed E-state index contributed by atoms with van der Waals surface area (Å²) < 4.78 is 0. The van der Waals surface area contributed by atoms with Crippen molar-refractivity contribution in [3.05, 3.63) is 72.8 Å². The van der Waals surface area contributed by atoms with Crippen LogP contribution in [0.1, 0.15) is 0 Å². The number of aromatic hydroxyl groups is 2. The van der Waals surface area contributed by atoms with Crippen molar-refractivity contribution in [2.45, 2.75) is 0 Å². The van der Waals surface area contributed by atoms with Crippen molar-refractivity contribution in [3.8, 4) is 22.6 Å². The van der Waals surface area contributed by atoms with Gasteiger partial charge < -0.3 is 10.2 Å². The molecule has 0 aliphatic heterocycles. The van der Waals surface area contributed by atoms with Gasteiger partial charge in [-0.2, -0.15) is 0 Å². The predicted octanol–water partition coefficient (Wildman–Crippen LogP) is 5.07. The zero-order valence-corrected chi connectivity index (χ0v) is 11.8. The molecule has 22 heavy (non-hydrogen) atoms. The Morgan fingerprint density at radius 3 is 1.91 bits per heavy atom. The normalized spacial score (nSPS) is 11.1. The summed E-state index contributed by atoms with van der Waals surface area (Å²) in [5.41, 5.74) is 1.31. The van der Waals surface area contributed by atoms with Gasteiger partial charge in [-0.05, 0) is 28.3 Å². The summed E-state index contributed by atoms with van der Waals surface area (Å²) in [7, 11) is 0. The summed E-state index contributed by atoms with van der Waals surface area (Å²) in [6.45, 7) is 0. The van der Waals surface area contributed by atoms with Crippen molar-refractivity contribution in [2.75, 3.05) is 0 Å². The monoisotopic (exact) mass is 286 g/mol. The van der Waals surface area contributed by atoms with Crippen LogP contribution in [-0.2, 0) is 0 Å². The second kappa shape index (κ2) is 4.78. The third kappa shape index (κ3) is 1.81. The van der Waals surface area contributed by atoms with Gasteiger partial charge in [0.2, 0.25) is 0 Å². The lowest BCUT2D eigenvalue weighted by Gasteiger charge is -2.12. The molecule has 0 aliphatic rings. The van der Waals surface area contributed by atoms with E-state index in [-0.39, 0.29) is 11.5 Å². The number of fused-ring (bicyclic) bond motifs is 2. The molecule has 4 aromatic rings. The van der Waals surface area contributed by atoms with E-state index in [1.54, 1.807) is 6.07 Å². The van der Waals surface area contributed by atoms with Crippen molar-refractivity contribution in [1.82, 2.24) is 0 Å². The van der Waals surface area contributed by atoms with Crippen LogP contribution in [0.25, 0.3) is 32.7 Å². The van der Waals surface area contributed by atoms with Gasteiger partial charge in [-0.25, -0.2) is 0 Å².